The fraction of sp³-hybridized carbons (Fsp3) is 0.538. The number of rotatable bonds is 0. The van der Waals surface area contributed by atoms with Crippen LogP contribution >= 0.6 is 0 Å². The minimum Gasteiger partial charge on any atom is -0.327 e. The molecule has 1 fully saturated rings. The van der Waals surface area contributed by atoms with Crippen LogP contribution < -0.4 is 5.73 Å². The molecule has 2 N–H and O–H groups in total. The number of fused-ring (bicyclic) bond motifs is 2. The fourth-order valence-corrected chi connectivity index (χ4v) is 3.08. The van der Waals surface area contributed by atoms with Crippen molar-refractivity contribution in [1.82, 2.24) is 0 Å². The van der Waals surface area contributed by atoms with Crippen LogP contribution in [0, 0.1) is 0 Å². The van der Waals surface area contributed by atoms with Crippen molar-refractivity contribution in [3.63, 3.8) is 0 Å². The molecule has 1 saturated carbocycles. The lowest BCUT2D eigenvalue weighted by Gasteiger charge is -2.30. The Labute approximate surface area is 85.3 Å². The lowest BCUT2D eigenvalue weighted by molar-refractivity contribution is 0.479. The Bertz CT molecular complexity index is 371. The van der Waals surface area contributed by atoms with Gasteiger partial charge in [-0.3, -0.25) is 0 Å². The second kappa shape index (κ2) is 2.60. The lowest BCUT2D eigenvalue weighted by Crippen LogP contribution is -2.25. The van der Waals surface area contributed by atoms with E-state index in [9.17, 15) is 0 Å². The van der Waals surface area contributed by atoms with E-state index in [1.165, 1.54) is 19.3 Å². The van der Waals surface area contributed by atoms with Crippen LogP contribution in [0.15, 0.2) is 24.3 Å². The summed E-state index contributed by atoms with van der Waals surface area (Å²) in [5.41, 5.74) is 9.57. The highest BCUT2D eigenvalue weighted by Gasteiger charge is 2.55. The summed E-state index contributed by atoms with van der Waals surface area (Å²) < 4.78 is 0. The summed E-state index contributed by atoms with van der Waals surface area (Å²) in [6.45, 7) is 2.33. The summed E-state index contributed by atoms with van der Waals surface area (Å²) in [6.07, 6.45) is 3.81. The average Bonchev–Trinajstić information content (AvgIpc) is 2.86. The average molecular weight is 187 g/mol. The normalized spacial score (nSPS) is 39.6. The maximum Gasteiger partial charge on any atom is 0.0146 e. The van der Waals surface area contributed by atoms with Crippen LogP contribution in [-0.4, -0.2) is 6.04 Å². The first-order chi connectivity index (χ1) is 6.74. The molecular weight excluding hydrogens is 170 g/mol. The second-order valence-electron chi connectivity index (χ2n) is 4.99. The van der Waals surface area contributed by atoms with Gasteiger partial charge in [-0.1, -0.05) is 31.2 Å². The van der Waals surface area contributed by atoms with Crippen LogP contribution in [-0.2, 0) is 5.41 Å². The number of hydrogen-bond acceptors (Lipinski definition) is 1. The summed E-state index contributed by atoms with van der Waals surface area (Å²) in [7, 11) is 0. The molecule has 0 saturated heterocycles. The zero-order chi connectivity index (χ0) is 9.76. The molecular formula is C13H17N. The molecule has 0 bridgehead atoms. The number of nitrogens with two attached hydrogens (primary N) is 1. The quantitative estimate of drug-likeness (QED) is 0.663. The Morgan fingerprint density at radius 1 is 1.36 bits per heavy atom. The topological polar surface area (TPSA) is 26.0 Å². The van der Waals surface area contributed by atoms with E-state index in [0.29, 0.717) is 11.5 Å². The molecule has 1 aromatic rings. The molecule has 0 amide bonds. The van der Waals surface area contributed by atoms with Gasteiger partial charge < -0.3 is 5.73 Å². The van der Waals surface area contributed by atoms with Gasteiger partial charge in [0, 0.05) is 11.5 Å². The highest BCUT2D eigenvalue weighted by atomic mass is 14.8. The van der Waals surface area contributed by atoms with Crippen molar-refractivity contribution < 1.29 is 0 Å². The Kier molecular flexibility index (Phi) is 1.58. The molecule has 3 atom stereocenters. The lowest BCUT2D eigenvalue weighted by atomic mass is 9.75. The third kappa shape index (κ3) is 0.936. The summed E-state index contributed by atoms with van der Waals surface area (Å²) >= 11 is 0. The molecule has 2 aliphatic carbocycles. The van der Waals surface area contributed by atoms with Crippen molar-refractivity contribution >= 4 is 0 Å². The molecule has 0 aliphatic heterocycles. The Balaban J connectivity index is 2.14. The van der Waals surface area contributed by atoms with Crippen LogP contribution in [0.5, 0.6) is 0 Å². The van der Waals surface area contributed by atoms with Crippen LogP contribution in [0.2, 0.25) is 0 Å². The van der Waals surface area contributed by atoms with Gasteiger partial charge in [0.15, 0.2) is 0 Å². The standard InChI is InChI=1S/C13H17N/c1-9-6-7-13(8-12(13)14)11-5-3-2-4-10(9)11/h2-5,9,12H,6-8,14H2,1H3. The molecule has 2 aliphatic rings. The van der Waals surface area contributed by atoms with E-state index >= 15 is 0 Å². The zero-order valence-electron chi connectivity index (χ0n) is 8.66. The van der Waals surface area contributed by atoms with Gasteiger partial charge in [0.05, 0.1) is 0 Å². The smallest absolute Gasteiger partial charge is 0.0146 e. The van der Waals surface area contributed by atoms with Crippen molar-refractivity contribution in [2.45, 2.75) is 43.6 Å². The Morgan fingerprint density at radius 3 is 2.79 bits per heavy atom. The third-order valence-corrected chi connectivity index (χ3v) is 4.19. The van der Waals surface area contributed by atoms with E-state index in [2.05, 4.69) is 31.2 Å². The Morgan fingerprint density at radius 2 is 2.07 bits per heavy atom. The highest BCUT2D eigenvalue weighted by Crippen LogP contribution is 2.56. The molecule has 0 aromatic heterocycles. The number of benzene rings is 1. The molecule has 0 heterocycles. The van der Waals surface area contributed by atoms with Crippen molar-refractivity contribution in [3.8, 4) is 0 Å². The second-order valence-corrected chi connectivity index (χ2v) is 4.99. The predicted molar refractivity (Wildman–Crippen MR) is 58.4 cm³/mol. The van der Waals surface area contributed by atoms with Crippen molar-refractivity contribution in [2.24, 2.45) is 5.73 Å². The first-order valence-corrected chi connectivity index (χ1v) is 5.59. The van der Waals surface area contributed by atoms with Crippen LogP contribution in [0.3, 0.4) is 0 Å². The van der Waals surface area contributed by atoms with E-state index in [0.717, 1.165) is 5.92 Å². The molecule has 0 radical (unpaired) electrons. The largest absolute Gasteiger partial charge is 0.327 e. The predicted octanol–water partition coefficient (Wildman–Crippen LogP) is 2.55. The third-order valence-electron chi connectivity index (χ3n) is 4.19. The first kappa shape index (κ1) is 8.49. The van der Waals surface area contributed by atoms with Gasteiger partial charge >= 0.3 is 0 Å². The first-order valence-electron chi connectivity index (χ1n) is 5.59. The maximum absolute atomic E-state index is 6.09. The summed E-state index contributed by atoms with van der Waals surface area (Å²) in [5, 5.41) is 0. The van der Waals surface area contributed by atoms with Gasteiger partial charge in [-0.05, 0) is 36.3 Å². The van der Waals surface area contributed by atoms with Crippen molar-refractivity contribution in [1.29, 1.82) is 0 Å². The molecule has 3 rings (SSSR count). The number of hydrogen-bond donors (Lipinski definition) is 1. The van der Waals surface area contributed by atoms with E-state index in [4.69, 9.17) is 5.73 Å². The highest BCUT2D eigenvalue weighted by molar-refractivity contribution is 5.45. The molecule has 1 aromatic carbocycles. The van der Waals surface area contributed by atoms with Gasteiger partial charge in [-0.15, -0.1) is 0 Å². The van der Waals surface area contributed by atoms with Crippen LogP contribution in [0.1, 0.15) is 43.2 Å². The zero-order valence-corrected chi connectivity index (χ0v) is 8.66. The summed E-state index contributed by atoms with van der Waals surface area (Å²) in [6, 6.07) is 9.31. The van der Waals surface area contributed by atoms with Crippen LogP contribution in [0.25, 0.3) is 0 Å². The minimum absolute atomic E-state index is 0.378. The molecule has 74 valence electrons. The van der Waals surface area contributed by atoms with E-state index in [1.807, 2.05) is 0 Å². The van der Waals surface area contributed by atoms with Crippen molar-refractivity contribution in [3.05, 3.63) is 35.4 Å². The molecule has 14 heavy (non-hydrogen) atoms. The van der Waals surface area contributed by atoms with E-state index < -0.39 is 0 Å². The van der Waals surface area contributed by atoms with E-state index in [1.54, 1.807) is 11.1 Å². The van der Waals surface area contributed by atoms with Gasteiger partial charge in [0.1, 0.15) is 0 Å². The van der Waals surface area contributed by atoms with Crippen LogP contribution in [0.4, 0.5) is 0 Å². The Hall–Kier alpha value is -0.820. The monoisotopic (exact) mass is 187 g/mol. The van der Waals surface area contributed by atoms with E-state index in [-0.39, 0.29) is 0 Å². The van der Waals surface area contributed by atoms with Gasteiger partial charge in [-0.25, -0.2) is 0 Å². The molecule has 1 nitrogen and oxygen atoms in total. The maximum atomic E-state index is 6.09. The molecule has 3 unspecified atom stereocenters. The van der Waals surface area contributed by atoms with Gasteiger partial charge in [-0.2, -0.15) is 0 Å². The SMILES string of the molecule is CC1CCC2(CC2N)c2ccccc21. The molecule has 1 heteroatoms. The minimum atomic E-state index is 0.378. The van der Waals surface area contributed by atoms with Crippen molar-refractivity contribution in [2.75, 3.05) is 0 Å². The fourth-order valence-electron chi connectivity index (χ4n) is 3.08. The summed E-state index contributed by atoms with van der Waals surface area (Å²) in [5.74, 6) is 0.727. The van der Waals surface area contributed by atoms with Gasteiger partial charge in [0.2, 0.25) is 0 Å². The van der Waals surface area contributed by atoms with Gasteiger partial charge in [0.25, 0.3) is 0 Å². The molecule has 1 spiro atoms. The summed E-state index contributed by atoms with van der Waals surface area (Å²) in [4.78, 5) is 0.